The molecule has 0 fully saturated rings. The van der Waals surface area contributed by atoms with Crippen LogP contribution >= 0.6 is 0 Å². The van der Waals surface area contributed by atoms with Crippen LogP contribution in [0.4, 0.5) is 0 Å². The molecule has 10 heteroatoms. The molecule has 0 aromatic heterocycles. The summed E-state index contributed by atoms with van der Waals surface area (Å²) in [6, 6.07) is 0. The maximum atomic E-state index is 13.0. The highest BCUT2D eigenvalue weighted by molar-refractivity contribution is 5.96. The minimum atomic E-state index is -1.42. The summed E-state index contributed by atoms with van der Waals surface area (Å²) in [5, 5.41) is 40.9. The highest BCUT2D eigenvalue weighted by Gasteiger charge is 2.35. The van der Waals surface area contributed by atoms with Gasteiger partial charge in [0.2, 0.25) is 0 Å². The van der Waals surface area contributed by atoms with Gasteiger partial charge in [0, 0.05) is 29.9 Å². The molecule has 4 N–H and O–H groups in total. The number of allylic oxidation sites excluding steroid dienone is 4. The number of cyclic esters (lactones) is 1. The van der Waals surface area contributed by atoms with Crippen LogP contribution in [0.1, 0.15) is 106 Å². The molecule has 0 aromatic carbocycles. The molecular weight excluding hydrogens is 592 g/mol. The second kappa shape index (κ2) is 20.2. The summed E-state index contributed by atoms with van der Waals surface area (Å²) in [6.07, 6.45) is 5.28. The van der Waals surface area contributed by atoms with Crippen molar-refractivity contribution in [3.8, 4) is 0 Å². The van der Waals surface area contributed by atoms with Gasteiger partial charge in [-0.15, -0.1) is 0 Å². The van der Waals surface area contributed by atoms with Gasteiger partial charge in [0.15, 0.2) is 0 Å². The van der Waals surface area contributed by atoms with Gasteiger partial charge in [0.1, 0.15) is 17.6 Å². The van der Waals surface area contributed by atoms with Crippen molar-refractivity contribution in [2.45, 2.75) is 131 Å². The lowest BCUT2D eigenvalue weighted by Gasteiger charge is -2.28. The summed E-state index contributed by atoms with van der Waals surface area (Å²) in [5.74, 6) is -3.05. The van der Waals surface area contributed by atoms with Crippen molar-refractivity contribution in [3.05, 3.63) is 47.3 Å². The molecule has 0 aromatic rings. The van der Waals surface area contributed by atoms with Crippen LogP contribution in [0.2, 0.25) is 0 Å². The first-order chi connectivity index (χ1) is 21.5. The second-order valence-electron chi connectivity index (χ2n) is 12.8. The summed E-state index contributed by atoms with van der Waals surface area (Å²) < 4.78 is 10.3. The number of rotatable bonds is 22. The number of esters is 2. The van der Waals surface area contributed by atoms with Gasteiger partial charge in [-0.3, -0.25) is 9.59 Å². The lowest BCUT2D eigenvalue weighted by Crippen LogP contribution is -2.37. The minimum Gasteiger partial charge on any atom is -0.478 e. The predicted molar refractivity (Wildman–Crippen MR) is 175 cm³/mol. The largest absolute Gasteiger partial charge is 0.478 e. The van der Waals surface area contributed by atoms with E-state index >= 15 is 0 Å². The zero-order valence-corrected chi connectivity index (χ0v) is 28.7. The van der Waals surface area contributed by atoms with Crippen molar-refractivity contribution < 1.29 is 49.1 Å². The molecule has 1 rings (SSSR count). The van der Waals surface area contributed by atoms with E-state index in [9.17, 15) is 34.5 Å². The number of Topliss-reactive ketones (excluding diaryl/α,β-unsaturated/α-hetero) is 1. The van der Waals surface area contributed by atoms with Crippen LogP contribution < -0.4 is 0 Å². The maximum absolute atomic E-state index is 13.0. The lowest BCUT2D eigenvalue weighted by atomic mass is 9.84. The fraction of sp³-hybridized carbons (Fsp3) is 0.667. The summed E-state index contributed by atoms with van der Waals surface area (Å²) in [6.45, 7) is 16.5. The van der Waals surface area contributed by atoms with Gasteiger partial charge in [-0.1, -0.05) is 58.9 Å². The van der Waals surface area contributed by atoms with Gasteiger partial charge < -0.3 is 29.9 Å². The molecule has 1 unspecified atom stereocenters. The maximum Gasteiger partial charge on any atom is 0.342 e. The molecule has 0 spiro atoms. The molecule has 10 nitrogen and oxygen atoms in total. The molecule has 1 aliphatic rings. The molecule has 1 heterocycles. The van der Waals surface area contributed by atoms with E-state index in [1.54, 1.807) is 26.8 Å². The first-order valence-corrected chi connectivity index (χ1v) is 16.5. The summed E-state index contributed by atoms with van der Waals surface area (Å²) >= 11 is 0. The Kier molecular flexibility index (Phi) is 18.0. The van der Waals surface area contributed by atoms with E-state index < -0.39 is 60.6 Å². The normalized spacial score (nSPS) is 19.3. The molecule has 0 saturated carbocycles. The Morgan fingerprint density at radius 1 is 0.935 bits per heavy atom. The average molecular weight is 649 g/mol. The highest BCUT2D eigenvalue weighted by Crippen LogP contribution is 2.29. The number of ether oxygens (including phenoxy) is 2. The van der Waals surface area contributed by atoms with Gasteiger partial charge in [0.25, 0.3) is 0 Å². The van der Waals surface area contributed by atoms with Crippen LogP contribution in [-0.2, 0) is 28.7 Å². The third-order valence-electron chi connectivity index (χ3n) is 9.01. The smallest absolute Gasteiger partial charge is 0.342 e. The van der Waals surface area contributed by atoms with Crippen LogP contribution in [0.25, 0.3) is 0 Å². The summed E-state index contributed by atoms with van der Waals surface area (Å²) in [4.78, 5) is 48.2. The third kappa shape index (κ3) is 13.7. The zero-order valence-electron chi connectivity index (χ0n) is 28.7. The number of hydrogen-bond acceptors (Lipinski definition) is 9. The topological polar surface area (TPSA) is 168 Å². The number of carboxylic acids is 1. The first-order valence-electron chi connectivity index (χ1n) is 16.5. The van der Waals surface area contributed by atoms with Gasteiger partial charge in [-0.05, 0) is 70.6 Å². The molecule has 46 heavy (non-hydrogen) atoms. The molecule has 0 saturated heterocycles. The van der Waals surface area contributed by atoms with Crippen molar-refractivity contribution in [1.82, 2.24) is 0 Å². The lowest BCUT2D eigenvalue weighted by molar-refractivity contribution is -0.155. The molecule has 0 aliphatic carbocycles. The van der Waals surface area contributed by atoms with E-state index in [2.05, 4.69) is 26.5 Å². The molecule has 0 bridgehead atoms. The van der Waals surface area contributed by atoms with E-state index in [0.717, 1.165) is 43.8 Å². The summed E-state index contributed by atoms with van der Waals surface area (Å²) in [7, 11) is 0. The van der Waals surface area contributed by atoms with Crippen LogP contribution in [0, 0.1) is 23.7 Å². The predicted octanol–water partition coefficient (Wildman–Crippen LogP) is 5.60. The highest BCUT2D eigenvalue weighted by atomic mass is 16.5. The van der Waals surface area contributed by atoms with Gasteiger partial charge in [0.05, 0.1) is 30.3 Å². The minimum absolute atomic E-state index is 0.0359. The van der Waals surface area contributed by atoms with E-state index in [4.69, 9.17) is 14.6 Å². The van der Waals surface area contributed by atoms with Crippen LogP contribution in [0.3, 0.4) is 0 Å². The van der Waals surface area contributed by atoms with Gasteiger partial charge in [-0.2, -0.15) is 0 Å². The second-order valence-corrected chi connectivity index (χ2v) is 12.8. The Bertz CT molecular complexity index is 1150. The van der Waals surface area contributed by atoms with E-state index in [0.29, 0.717) is 30.3 Å². The number of carboxylic acid groups (broad SMARTS) is 1. The molecule has 8 atom stereocenters. The van der Waals surface area contributed by atoms with Crippen molar-refractivity contribution in [3.63, 3.8) is 0 Å². The monoisotopic (exact) mass is 648 g/mol. The Balaban J connectivity index is 2.54. The standard InChI is InChI=1S/C36H56O10/c1-9-27(15-17-33(41)42)13-11-12-21(3)18-22(4)14-16-29(37)24(6)30(38)19-31(39)28(10-2)26(8)45-34(43)20-32(40)35-23(5)25(7)46-36(35)44/h13,15,17,21-22,24,26,28-29,31-32,37,39-40H,7,9-12,14,16,18-20H2,1-6,8H3,(H,41,42)/b17-15+,27-13?/t21-,22-,24-,26+,28+,29?,31+,32+/m0/s1. The SMILES string of the molecule is C=C1OC(=O)C([C@H](O)CC(=O)O[C@H](C)[C@@H](CC)[C@H](O)CC(=O)[C@@H](C)C(O)CC[C@H](C)C[C@@H](C)CCC=C(/C=C/C(=O)O)CC)=C1C. The fourth-order valence-electron chi connectivity index (χ4n) is 5.90. The number of aliphatic hydroxyl groups excluding tert-OH is 3. The number of aliphatic hydroxyl groups is 3. The van der Waals surface area contributed by atoms with Crippen LogP contribution in [0.5, 0.6) is 0 Å². The zero-order chi connectivity index (χ0) is 35.1. The van der Waals surface area contributed by atoms with Crippen LogP contribution in [0.15, 0.2) is 47.3 Å². The van der Waals surface area contributed by atoms with Crippen molar-refractivity contribution >= 4 is 23.7 Å². The van der Waals surface area contributed by atoms with Crippen molar-refractivity contribution in [1.29, 1.82) is 0 Å². The van der Waals surface area contributed by atoms with Crippen LogP contribution in [-0.4, -0.2) is 68.5 Å². The molecule has 0 amide bonds. The fourth-order valence-corrected chi connectivity index (χ4v) is 5.90. The Morgan fingerprint density at radius 2 is 1.57 bits per heavy atom. The Hall–Kier alpha value is -3.08. The Morgan fingerprint density at radius 3 is 2.11 bits per heavy atom. The molecule has 260 valence electrons. The van der Waals surface area contributed by atoms with Crippen molar-refractivity contribution in [2.75, 3.05) is 0 Å². The van der Waals surface area contributed by atoms with Gasteiger partial charge >= 0.3 is 17.9 Å². The Labute approximate surface area is 274 Å². The van der Waals surface area contributed by atoms with Gasteiger partial charge in [-0.25, -0.2) is 9.59 Å². The average Bonchev–Trinajstić information content (AvgIpc) is 3.23. The number of hydrogen-bond donors (Lipinski definition) is 4. The number of aliphatic carboxylic acids is 1. The number of ketones is 1. The van der Waals surface area contributed by atoms with E-state index in [1.165, 1.54) is 0 Å². The summed E-state index contributed by atoms with van der Waals surface area (Å²) in [5.41, 5.74) is 1.34. The number of carbonyl (C=O) groups excluding carboxylic acids is 3. The first kappa shape index (κ1) is 40.9. The third-order valence-corrected chi connectivity index (χ3v) is 9.01. The number of carbonyl (C=O) groups is 4. The van der Waals surface area contributed by atoms with E-state index in [1.807, 2.05) is 13.8 Å². The van der Waals surface area contributed by atoms with E-state index in [-0.39, 0.29) is 23.5 Å². The molecule has 0 radical (unpaired) electrons. The quantitative estimate of drug-likeness (QED) is 0.0659. The molecule has 1 aliphatic heterocycles. The van der Waals surface area contributed by atoms with Crippen molar-refractivity contribution in [2.24, 2.45) is 23.7 Å². The molecular formula is C36H56O10.